The molecule has 32 heavy (non-hydrogen) atoms. The van der Waals surface area contributed by atoms with Crippen molar-refractivity contribution < 1.29 is 9.18 Å². The van der Waals surface area contributed by atoms with Crippen LogP contribution in [0.5, 0.6) is 0 Å². The average Bonchev–Trinajstić information content (AvgIpc) is 3.15. The minimum absolute atomic E-state index is 0.240. The molecule has 0 radical (unpaired) electrons. The molecule has 2 aromatic heterocycles. The molecule has 0 spiro atoms. The van der Waals surface area contributed by atoms with Crippen LogP contribution in [0.4, 0.5) is 10.1 Å². The topological polar surface area (TPSA) is 71.8 Å². The highest BCUT2D eigenvalue weighted by molar-refractivity contribution is 6.03. The summed E-state index contributed by atoms with van der Waals surface area (Å²) in [7, 11) is 3.62. The number of nitrogens with one attached hydrogen (secondary N) is 2. The van der Waals surface area contributed by atoms with Crippen LogP contribution in [-0.2, 0) is 13.6 Å². The molecule has 0 saturated carbocycles. The lowest BCUT2D eigenvalue weighted by atomic mass is 9.99. The SMILES string of the molecule is CNc1ccc(CNC(=O)c2c(-c3ccncc3)c(-c3ccc(F)cc3)nn2C)cc1C. The normalized spacial score (nSPS) is 10.8. The van der Waals surface area contributed by atoms with E-state index in [1.54, 1.807) is 36.3 Å². The zero-order valence-corrected chi connectivity index (χ0v) is 18.2. The second-order valence-electron chi connectivity index (χ2n) is 7.52. The van der Waals surface area contributed by atoms with Gasteiger partial charge in [-0.3, -0.25) is 14.5 Å². The van der Waals surface area contributed by atoms with E-state index in [-0.39, 0.29) is 11.7 Å². The summed E-state index contributed by atoms with van der Waals surface area (Å²) in [6, 6.07) is 15.8. The Hall–Kier alpha value is -4.00. The molecule has 162 valence electrons. The van der Waals surface area contributed by atoms with Gasteiger partial charge in [-0.25, -0.2) is 4.39 Å². The first-order valence-corrected chi connectivity index (χ1v) is 10.3. The van der Waals surface area contributed by atoms with Gasteiger partial charge >= 0.3 is 0 Å². The van der Waals surface area contributed by atoms with E-state index < -0.39 is 0 Å². The van der Waals surface area contributed by atoms with Crippen LogP contribution in [0.3, 0.4) is 0 Å². The van der Waals surface area contributed by atoms with E-state index in [0.717, 1.165) is 27.9 Å². The third-order valence-corrected chi connectivity index (χ3v) is 5.36. The van der Waals surface area contributed by atoms with Crippen LogP contribution in [0, 0.1) is 12.7 Å². The maximum atomic E-state index is 13.5. The van der Waals surface area contributed by atoms with Crippen molar-refractivity contribution in [3.8, 4) is 22.4 Å². The molecule has 4 aromatic rings. The molecule has 4 rings (SSSR count). The molecule has 1 amide bonds. The van der Waals surface area contributed by atoms with E-state index in [2.05, 4.69) is 20.7 Å². The molecule has 0 fully saturated rings. The minimum Gasteiger partial charge on any atom is -0.388 e. The number of anilines is 1. The predicted octanol–water partition coefficient (Wildman–Crippen LogP) is 4.57. The van der Waals surface area contributed by atoms with Gasteiger partial charge in [0.05, 0.1) is 0 Å². The van der Waals surface area contributed by atoms with Gasteiger partial charge < -0.3 is 10.6 Å². The number of halogens is 1. The van der Waals surface area contributed by atoms with E-state index in [1.165, 1.54) is 12.1 Å². The summed E-state index contributed by atoms with van der Waals surface area (Å²) in [6.07, 6.45) is 3.34. The predicted molar refractivity (Wildman–Crippen MR) is 124 cm³/mol. The summed E-state index contributed by atoms with van der Waals surface area (Å²) in [5.74, 6) is -0.566. The second kappa shape index (κ2) is 9.01. The Bertz CT molecular complexity index is 1250. The molecule has 0 aliphatic carbocycles. The number of hydrogen-bond acceptors (Lipinski definition) is 4. The molecular formula is C25H24FN5O. The molecule has 7 heteroatoms. The van der Waals surface area contributed by atoms with Gasteiger partial charge in [-0.15, -0.1) is 0 Å². The summed E-state index contributed by atoms with van der Waals surface area (Å²) in [4.78, 5) is 17.4. The Morgan fingerprint density at radius 2 is 1.75 bits per heavy atom. The van der Waals surface area contributed by atoms with Crippen LogP contribution in [0.15, 0.2) is 67.0 Å². The zero-order chi connectivity index (χ0) is 22.7. The fourth-order valence-corrected chi connectivity index (χ4v) is 3.77. The molecular weight excluding hydrogens is 405 g/mol. The Labute approximate surface area is 186 Å². The maximum absolute atomic E-state index is 13.5. The quantitative estimate of drug-likeness (QED) is 0.471. The van der Waals surface area contributed by atoms with Crippen molar-refractivity contribution in [1.82, 2.24) is 20.1 Å². The first-order valence-electron chi connectivity index (χ1n) is 10.3. The summed E-state index contributed by atoms with van der Waals surface area (Å²) in [6.45, 7) is 2.41. The number of aryl methyl sites for hydroxylation is 2. The van der Waals surface area contributed by atoms with Crippen molar-refractivity contribution in [2.45, 2.75) is 13.5 Å². The van der Waals surface area contributed by atoms with Crippen LogP contribution in [0.2, 0.25) is 0 Å². The van der Waals surface area contributed by atoms with Crippen LogP contribution in [-0.4, -0.2) is 27.7 Å². The zero-order valence-electron chi connectivity index (χ0n) is 18.2. The van der Waals surface area contributed by atoms with Gasteiger partial charge in [-0.2, -0.15) is 5.10 Å². The Morgan fingerprint density at radius 3 is 2.41 bits per heavy atom. The summed E-state index contributed by atoms with van der Waals surface area (Å²) >= 11 is 0. The molecule has 2 aromatic carbocycles. The first kappa shape index (κ1) is 21.2. The third kappa shape index (κ3) is 4.23. The number of amides is 1. The lowest BCUT2D eigenvalue weighted by molar-refractivity contribution is 0.0942. The van der Waals surface area contributed by atoms with Gasteiger partial charge in [0.2, 0.25) is 0 Å². The van der Waals surface area contributed by atoms with E-state index in [0.29, 0.717) is 23.5 Å². The number of benzene rings is 2. The number of carbonyl (C=O) groups is 1. The van der Waals surface area contributed by atoms with E-state index in [9.17, 15) is 9.18 Å². The van der Waals surface area contributed by atoms with Crippen LogP contribution in [0.25, 0.3) is 22.4 Å². The van der Waals surface area contributed by atoms with Gasteiger partial charge in [0.15, 0.2) is 0 Å². The Balaban J connectivity index is 1.70. The van der Waals surface area contributed by atoms with Crippen LogP contribution >= 0.6 is 0 Å². The largest absolute Gasteiger partial charge is 0.388 e. The van der Waals surface area contributed by atoms with Gasteiger partial charge in [0, 0.05) is 49.8 Å². The minimum atomic E-state index is -0.326. The first-order chi connectivity index (χ1) is 15.5. The number of hydrogen-bond donors (Lipinski definition) is 2. The van der Waals surface area contributed by atoms with Crippen LogP contribution in [0.1, 0.15) is 21.6 Å². The van der Waals surface area contributed by atoms with E-state index in [1.807, 2.05) is 44.3 Å². The van der Waals surface area contributed by atoms with E-state index >= 15 is 0 Å². The van der Waals surface area contributed by atoms with Gasteiger partial charge in [0.1, 0.15) is 17.2 Å². The van der Waals surface area contributed by atoms with Crippen molar-refractivity contribution in [3.63, 3.8) is 0 Å². The van der Waals surface area contributed by atoms with Crippen molar-refractivity contribution in [3.05, 3.63) is 89.6 Å². The molecule has 2 N–H and O–H groups in total. The molecule has 0 bridgehead atoms. The van der Waals surface area contributed by atoms with Gasteiger partial charge in [0.25, 0.3) is 5.91 Å². The van der Waals surface area contributed by atoms with Gasteiger partial charge in [-0.1, -0.05) is 12.1 Å². The highest BCUT2D eigenvalue weighted by Crippen LogP contribution is 2.34. The molecule has 0 atom stereocenters. The fourth-order valence-electron chi connectivity index (χ4n) is 3.77. The highest BCUT2D eigenvalue weighted by Gasteiger charge is 2.24. The molecule has 0 saturated heterocycles. The third-order valence-electron chi connectivity index (χ3n) is 5.36. The molecule has 6 nitrogen and oxygen atoms in total. The van der Waals surface area contributed by atoms with Crippen LogP contribution < -0.4 is 10.6 Å². The summed E-state index contributed by atoms with van der Waals surface area (Å²) in [5.41, 5.74) is 6.42. The molecule has 0 aliphatic heterocycles. The standard InChI is InChI=1S/C25H24FN5O/c1-16-14-17(4-9-21(16)27-2)15-29-25(32)24-22(18-10-12-28-13-11-18)23(30-31(24)3)19-5-7-20(26)8-6-19/h4-14,27H,15H2,1-3H3,(H,29,32). The molecule has 2 heterocycles. The Morgan fingerprint density at radius 1 is 1.03 bits per heavy atom. The number of pyridine rings is 1. The second-order valence-corrected chi connectivity index (χ2v) is 7.52. The van der Waals surface area contributed by atoms with Gasteiger partial charge in [-0.05, 0) is 66.1 Å². The number of rotatable bonds is 6. The monoisotopic (exact) mass is 429 g/mol. The average molecular weight is 429 g/mol. The molecule has 0 unspecified atom stereocenters. The van der Waals surface area contributed by atoms with Crippen molar-refractivity contribution in [2.24, 2.45) is 7.05 Å². The Kier molecular flexibility index (Phi) is 5.98. The number of nitrogens with zero attached hydrogens (tertiary/aromatic N) is 3. The lowest BCUT2D eigenvalue weighted by Crippen LogP contribution is -2.25. The maximum Gasteiger partial charge on any atom is 0.270 e. The van der Waals surface area contributed by atoms with Crippen molar-refractivity contribution >= 4 is 11.6 Å². The van der Waals surface area contributed by atoms with E-state index in [4.69, 9.17) is 0 Å². The number of carbonyl (C=O) groups excluding carboxylic acids is 1. The van der Waals surface area contributed by atoms with Crippen molar-refractivity contribution in [1.29, 1.82) is 0 Å². The highest BCUT2D eigenvalue weighted by atomic mass is 19.1. The number of aromatic nitrogens is 3. The lowest BCUT2D eigenvalue weighted by Gasteiger charge is -2.11. The van der Waals surface area contributed by atoms with Crippen molar-refractivity contribution in [2.75, 3.05) is 12.4 Å². The fraction of sp³-hybridized carbons (Fsp3) is 0.160. The summed E-state index contributed by atoms with van der Waals surface area (Å²) in [5, 5.41) is 10.8. The smallest absolute Gasteiger partial charge is 0.270 e. The summed E-state index contributed by atoms with van der Waals surface area (Å²) < 4.78 is 15.0. The molecule has 0 aliphatic rings.